The molecular formula is C14H21NS. The normalized spacial score (nSPS) is 17.9. The van der Waals surface area contributed by atoms with Crippen LogP contribution in [0.2, 0.25) is 0 Å². The van der Waals surface area contributed by atoms with E-state index in [1.807, 2.05) is 11.8 Å². The van der Waals surface area contributed by atoms with Crippen molar-refractivity contribution in [3.8, 4) is 0 Å². The number of nitrogens with one attached hydrogen (secondary N) is 1. The Kier molecular flexibility index (Phi) is 4.16. The third kappa shape index (κ3) is 2.94. The van der Waals surface area contributed by atoms with Gasteiger partial charge in [-0.25, -0.2) is 0 Å². The molecule has 1 N–H and O–H groups in total. The maximum Gasteiger partial charge on any atom is 0.0480 e. The molecule has 88 valence electrons. The summed E-state index contributed by atoms with van der Waals surface area (Å²) in [5.41, 5.74) is 1.29. The average Bonchev–Trinajstić information content (AvgIpc) is 2.24. The van der Waals surface area contributed by atoms with Gasteiger partial charge in [-0.3, -0.25) is 0 Å². The van der Waals surface area contributed by atoms with E-state index < -0.39 is 0 Å². The van der Waals surface area contributed by atoms with Gasteiger partial charge < -0.3 is 5.32 Å². The summed E-state index contributed by atoms with van der Waals surface area (Å²) in [5.74, 6) is 0.976. The molecule has 1 aromatic carbocycles. The van der Waals surface area contributed by atoms with E-state index in [4.69, 9.17) is 0 Å². The number of hydrogen-bond donors (Lipinski definition) is 1. The predicted molar refractivity (Wildman–Crippen MR) is 73.3 cm³/mol. The molecule has 0 amide bonds. The lowest BCUT2D eigenvalue weighted by atomic mass is 9.81. The molecule has 1 aliphatic carbocycles. The number of thioether (sulfide) groups is 1. The molecule has 0 aliphatic heterocycles. The topological polar surface area (TPSA) is 12.0 Å². The molecular weight excluding hydrogens is 214 g/mol. The van der Waals surface area contributed by atoms with Crippen LogP contribution in [-0.2, 0) is 0 Å². The van der Waals surface area contributed by atoms with E-state index in [0.717, 1.165) is 5.92 Å². The average molecular weight is 235 g/mol. The molecule has 0 aromatic heterocycles. The maximum absolute atomic E-state index is 3.64. The van der Waals surface area contributed by atoms with Gasteiger partial charge in [0.2, 0.25) is 0 Å². The third-order valence-corrected chi connectivity index (χ3v) is 4.22. The molecule has 0 saturated heterocycles. The van der Waals surface area contributed by atoms with Gasteiger partial charge in [0, 0.05) is 16.6 Å². The van der Waals surface area contributed by atoms with Crippen molar-refractivity contribution < 1.29 is 0 Å². The van der Waals surface area contributed by atoms with Crippen LogP contribution in [0.15, 0.2) is 29.2 Å². The summed E-state index contributed by atoms with van der Waals surface area (Å²) in [6.45, 7) is 2.30. The van der Waals surface area contributed by atoms with Gasteiger partial charge in [0.25, 0.3) is 0 Å². The lowest BCUT2D eigenvalue weighted by Gasteiger charge is -2.29. The van der Waals surface area contributed by atoms with Gasteiger partial charge in [-0.1, -0.05) is 31.4 Å². The van der Waals surface area contributed by atoms with Gasteiger partial charge in [0.15, 0.2) is 0 Å². The fourth-order valence-corrected chi connectivity index (χ4v) is 2.88. The van der Waals surface area contributed by atoms with Crippen LogP contribution in [0.1, 0.15) is 32.6 Å². The first-order valence-corrected chi connectivity index (χ1v) is 7.41. The Morgan fingerprint density at radius 3 is 2.75 bits per heavy atom. The van der Waals surface area contributed by atoms with Gasteiger partial charge in [0.05, 0.1) is 0 Å². The zero-order valence-corrected chi connectivity index (χ0v) is 11.0. The molecule has 1 unspecified atom stereocenters. The van der Waals surface area contributed by atoms with Crippen molar-refractivity contribution in [2.45, 2.75) is 43.5 Å². The summed E-state index contributed by atoms with van der Waals surface area (Å²) in [4.78, 5) is 1.35. The Balaban J connectivity index is 1.91. The molecule has 0 bridgehead atoms. The molecule has 16 heavy (non-hydrogen) atoms. The first-order chi connectivity index (χ1) is 7.79. The molecule has 1 fully saturated rings. The predicted octanol–water partition coefficient (Wildman–Crippen LogP) is 4.40. The van der Waals surface area contributed by atoms with E-state index in [2.05, 4.69) is 42.8 Å². The van der Waals surface area contributed by atoms with Crippen molar-refractivity contribution in [1.29, 1.82) is 0 Å². The van der Waals surface area contributed by atoms with Gasteiger partial charge in [-0.05, 0) is 37.7 Å². The largest absolute Gasteiger partial charge is 0.382 e. The summed E-state index contributed by atoms with van der Waals surface area (Å²) in [7, 11) is 0. The molecule has 2 heteroatoms. The first-order valence-electron chi connectivity index (χ1n) is 6.19. The highest BCUT2D eigenvalue weighted by molar-refractivity contribution is 7.98. The zero-order valence-electron chi connectivity index (χ0n) is 10.2. The van der Waals surface area contributed by atoms with Gasteiger partial charge in [0.1, 0.15) is 0 Å². The van der Waals surface area contributed by atoms with Gasteiger partial charge in [-0.2, -0.15) is 0 Å². The third-order valence-electron chi connectivity index (χ3n) is 3.42. The lowest BCUT2D eigenvalue weighted by Crippen LogP contribution is -2.23. The number of anilines is 1. The minimum absolute atomic E-state index is 0.596. The van der Waals surface area contributed by atoms with Crippen LogP contribution in [0.3, 0.4) is 0 Å². The van der Waals surface area contributed by atoms with Crippen LogP contribution in [0.25, 0.3) is 0 Å². The van der Waals surface area contributed by atoms with E-state index in [1.165, 1.54) is 36.3 Å². The highest BCUT2D eigenvalue weighted by atomic mass is 32.2. The van der Waals surface area contributed by atoms with Crippen molar-refractivity contribution in [3.05, 3.63) is 24.3 Å². The highest BCUT2D eigenvalue weighted by Crippen LogP contribution is 2.32. The molecule has 1 aromatic rings. The van der Waals surface area contributed by atoms with Crippen LogP contribution < -0.4 is 5.32 Å². The van der Waals surface area contributed by atoms with Crippen LogP contribution in [-0.4, -0.2) is 12.3 Å². The molecule has 1 aliphatic rings. The summed E-state index contributed by atoms with van der Waals surface area (Å²) in [6.07, 6.45) is 7.78. The second-order valence-electron chi connectivity index (χ2n) is 4.78. The Bertz CT molecular complexity index is 333. The monoisotopic (exact) mass is 235 g/mol. The number of benzene rings is 1. The second kappa shape index (κ2) is 5.62. The molecule has 1 saturated carbocycles. The minimum Gasteiger partial charge on any atom is -0.382 e. The molecule has 0 radical (unpaired) electrons. The van der Waals surface area contributed by atoms with E-state index >= 15 is 0 Å². The Morgan fingerprint density at radius 1 is 1.38 bits per heavy atom. The summed E-state index contributed by atoms with van der Waals surface area (Å²) in [5, 5.41) is 3.64. The molecule has 0 heterocycles. The quantitative estimate of drug-likeness (QED) is 0.759. The van der Waals surface area contributed by atoms with E-state index in [-0.39, 0.29) is 0 Å². The fourth-order valence-electron chi connectivity index (χ4n) is 2.32. The van der Waals surface area contributed by atoms with Gasteiger partial charge >= 0.3 is 0 Å². The maximum atomic E-state index is 3.64. The van der Waals surface area contributed by atoms with E-state index in [0.29, 0.717) is 6.04 Å². The number of rotatable bonds is 5. The van der Waals surface area contributed by atoms with Crippen molar-refractivity contribution >= 4 is 17.4 Å². The second-order valence-corrected chi connectivity index (χ2v) is 5.63. The SMILES string of the molecule is CSc1ccccc1NC(C)CC1CCC1. The van der Waals surface area contributed by atoms with Crippen molar-refractivity contribution in [2.75, 3.05) is 11.6 Å². The minimum atomic E-state index is 0.596. The molecule has 1 atom stereocenters. The number of para-hydroxylation sites is 1. The van der Waals surface area contributed by atoms with Crippen LogP contribution >= 0.6 is 11.8 Å². The van der Waals surface area contributed by atoms with Crippen molar-refractivity contribution in [3.63, 3.8) is 0 Å². The molecule has 0 spiro atoms. The first kappa shape index (κ1) is 11.8. The van der Waals surface area contributed by atoms with Crippen LogP contribution in [0.4, 0.5) is 5.69 Å². The Morgan fingerprint density at radius 2 is 2.12 bits per heavy atom. The van der Waals surface area contributed by atoms with Gasteiger partial charge in [-0.15, -0.1) is 11.8 Å². The lowest BCUT2D eigenvalue weighted by molar-refractivity contribution is 0.286. The fraction of sp³-hybridized carbons (Fsp3) is 0.571. The standard InChI is InChI=1S/C14H21NS/c1-11(10-12-6-5-7-12)15-13-8-3-4-9-14(13)16-2/h3-4,8-9,11-12,15H,5-7,10H2,1-2H3. The Labute approximate surface area is 103 Å². The van der Waals surface area contributed by atoms with Crippen LogP contribution in [0, 0.1) is 5.92 Å². The summed E-state index contributed by atoms with van der Waals surface area (Å²) < 4.78 is 0. The smallest absolute Gasteiger partial charge is 0.0480 e. The summed E-state index contributed by atoms with van der Waals surface area (Å²) >= 11 is 1.81. The molecule has 2 rings (SSSR count). The molecule has 1 nitrogen and oxygen atoms in total. The number of hydrogen-bond acceptors (Lipinski definition) is 2. The van der Waals surface area contributed by atoms with E-state index in [1.54, 1.807) is 0 Å². The van der Waals surface area contributed by atoms with Crippen LogP contribution in [0.5, 0.6) is 0 Å². The van der Waals surface area contributed by atoms with E-state index in [9.17, 15) is 0 Å². The highest BCUT2D eigenvalue weighted by Gasteiger charge is 2.20. The zero-order chi connectivity index (χ0) is 11.4. The summed E-state index contributed by atoms with van der Waals surface area (Å²) in [6, 6.07) is 9.18. The van der Waals surface area contributed by atoms with Crippen molar-refractivity contribution in [1.82, 2.24) is 0 Å². The Hall–Kier alpha value is -0.630. The van der Waals surface area contributed by atoms with Crippen molar-refractivity contribution in [2.24, 2.45) is 5.92 Å².